The Morgan fingerprint density at radius 2 is 1.84 bits per heavy atom. The van der Waals surface area contributed by atoms with Crippen LogP contribution in [-0.2, 0) is 29.4 Å². The van der Waals surface area contributed by atoms with Crippen molar-refractivity contribution in [3.63, 3.8) is 0 Å². The largest absolute Gasteiger partial charge is 0.432 e. The van der Waals surface area contributed by atoms with Crippen LogP contribution in [0.15, 0.2) is 64.3 Å². The average Bonchev–Trinajstić information content (AvgIpc) is 3.34. The molecule has 1 spiro atoms. The van der Waals surface area contributed by atoms with Gasteiger partial charge in [0.05, 0.1) is 17.5 Å². The lowest BCUT2D eigenvalue weighted by Gasteiger charge is -2.33. The molecule has 2 fully saturated rings. The maximum atomic E-state index is 14.2. The molecule has 0 bridgehead atoms. The van der Waals surface area contributed by atoms with E-state index in [2.05, 4.69) is 20.4 Å². The summed E-state index contributed by atoms with van der Waals surface area (Å²) < 4.78 is 67.8. The molecular formula is C38H47ClF5N9O3. The van der Waals surface area contributed by atoms with Gasteiger partial charge < -0.3 is 16.0 Å². The van der Waals surface area contributed by atoms with Crippen LogP contribution in [0.25, 0.3) is 22.2 Å². The van der Waals surface area contributed by atoms with Crippen LogP contribution in [0, 0.1) is 5.41 Å². The number of aromatic amines is 1. The molecule has 3 unspecified atom stereocenters. The van der Waals surface area contributed by atoms with E-state index in [1.165, 1.54) is 18.7 Å². The molecule has 12 nitrogen and oxygen atoms in total. The second kappa shape index (κ2) is 17.4. The number of alkyl halides is 5. The van der Waals surface area contributed by atoms with E-state index in [-0.39, 0.29) is 36.9 Å². The quantitative estimate of drug-likeness (QED) is 0.0839. The molecule has 1 aliphatic heterocycles. The van der Waals surface area contributed by atoms with Crippen LogP contribution in [0.4, 0.5) is 22.0 Å². The second-order valence-electron chi connectivity index (χ2n) is 13.8. The first-order chi connectivity index (χ1) is 26.4. The number of likely N-dealkylation sites (tertiary alicyclic amines) is 1. The molecule has 304 valence electrons. The minimum Gasteiger partial charge on any atom is -0.404 e. The molecule has 3 atom stereocenters. The summed E-state index contributed by atoms with van der Waals surface area (Å²) in [5.41, 5.74) is 4.39. The first kappa shape index (κ1) is 43.7. The molecule has 6 rings (SSSR count). The van der Waals surface area contributed by atoms with Gasteiger partial charge in [-0.25, -0.2) is 9.98 Å². The molecule has 2 aliphatic rings. The van der Waals surface area contributed by atoms with E-state index in [9.17, 15) is 36.3 Å². The summed E-state index contributed by atoms with van der Waals surface area (Å²) in [6.45, 7) is 7.70. The number of aliphatic imine (C=N–C) groups is 1. The Morgan fingerprint density at radius 1 is 1.14 bits per heavy atom. The van der Waals surface area contributed by atoms with Crippen LogP contribution in [0.1, 0.15) is 78.0 Å². The zero-order valence-electron chi connectivity index (χ0n) is 32.2. The maximum absolute atomic E-state index is 14.2. The topological polar surface area (TPSA) is 156 Å². The third kappa shape index (κ3) is 9.48. The van der Waals surface area contributed by atoms with Crippen molar-refractivity contribution >= 4 is 40.7 Å². The molecule has 3 aromatic heterocycles. The number of H-pyrrole nitrogens is 1. The molecular weight excluding hydrogens is 761 g/mol. The van der Waals surface area contributed by atoms with E-state index in [1.54, 1.807) is 10.9 Å². The third-order valence-corrected chi connectivity index (χ3v) is 9.86. The zero-order valence-corrected chi connectivity index (χ0v) is 33.0. The standard InChI is InChI=1S/C34H35ClF5N9O3.2C2H6/c1-32(2,17-49-27(50)11-26(45-49)34(38,39)40)44-29(51)25(8-18(13-41)14-43-31(36)37)48-7-6-33(30(48)52)12-23(33)22-5-4-19(10-24(22)35)20-9-21-16-47(3)46-28(21)42-15-20;2*1-2/h4-5,9-11,13-16,23,25,31,45H,6-8,12,17,41H2,1-3H3,(H,44,51);2*1-2H3/b18-13-,43-14+;;. The van der Waals surface area contributed by atoms with E-state index in [0.717, 1.165) is 34.5 Å². The first-order valence-corrected chi connectivity index (χ1v) is 18.6. The van der Waals surface area contributed by atoms with Gasteiger partial charge in [-0.1, -0.05) is 51.4 Å². The van der Waals surface area contributed by atoms with Gasteiger partial charge in [0.15, 0.2) is 5.65 Å². The number of nitrogens with zero attached hydrogens (tertiary/aromatic N) is 6. The molecule has 1 aromatic carbocycles. The average molecular weight is 808 g/mol. The smallest absolute Gasteiger partial charge is 0.404 e. The number of benzene rings is 1. The van der Waals surface area contributed by atoms with Gasteiger partial charge in [0.2, 0.25) is 11.8 Å². The maximum Gasteiger partial charge on any atom is 0.432 e. The molecule has 18 heteroatoms. The summed E-state index contributed by atoms with van der Waals surface area (Å²) in [5, 5.41) is 10.3. The normalized spacial score (nSPS) is 19.0. The van der Waals surface area contributed by atoms with Crippen molar-refractivity contribution in [1.82, 2.24) is 34.8 Å². The Labute approximate surface area is 326 Å². The summed E-state index contributed by atoms with van der Waals surface area (Å²) in [5.74, 6) is -1.31. The molecule has 0 radical (unpaired) electrons. The monoisotopic (exact) mass is 807 g/mol. The Balaban J connectivity index is 0.00000169. The number of amides is 2. The van der Waals surface area contributed by atoms with Crippen molar-refractivity contribution < 1.29 is 31.5 Å². The van der Waals surface area contributed by atoms with Gasteiger partial charge in [-0.05, 0) is 61.7 Å². The number of fused-ring (bicyclic) bond motifs is 1. The van der Waals surface area contributed by atoms with Gasteiger partial charge in [-0.15, -0.1) is 0 Å². The van der Waals surface area contributed by atoms with E-state index >= 15 is 0 Å². The summed E-state index contributed by atoms with van der Waals surface area (Å²) in [7, 11) is 1.81. The van der Waals surface area contributed by atoms with Crippen molar-refractivity contribution in [2.45, 2.75) is 97.6 Å². The number of hydrogen-bond donors (Lipinski definition) is 3. The Hall–Kier alpha value is -5.06. The van der Waals surface area contributed by atoms with Crippen molar-refractivity contribution in [2.75, 3.05) is 6.54 Å². The molecule has 4 N–H and O–H groups in total. The number of aryl methyl sites for hydroxylation is 1. The number of carbonyl (C=O) groups is 2. The fraction of sp³-hybridized carbons (Fsp3) is 0.474. The lowest BCUT2D eigenvalue weighted by atomic mass is 9.95. The molecule has 2 amide bonds. The molecule has 4 aromatic rings. The zero-order chi connectivity index (χ0) is 41.7. The van der Waals surface area contributed by atoms with Crippen LogP contribution >= 0.6 is 11.6 Å². The highest BCUT2D eigenvalue weighted by Crippen LogP contribution is 2.66. The van der Waals surface area contributed by atoms with Crippen molar-refractivity contribution in [3.8, 4) is 11.1 Å². The fourth-order valence-electron chi connectivity index (χ4n) is 6.95. The van der Waals surface area contributed by atoms with Gasteiger partial charge in [0.25, 0.3) is 5.56 Å². The van der Waals surface area contributed by atoms with Crippen LogP contribution in [0.5, 0.6) is 0 Å². The lowest BCUT2D eigenvalue weighted by molar-refractivity contribution is -0.141. The lowest BCUT2D eigenvalue weighted by Crippen LogP contribution is -2.56. The third-order valence-electron chi connectivity index (χ3n) is 9.53. The fourth-order valence-corrected chi connectivity index (χ4v) is 7.26. The molecule has 56 heavy (non-hydrogen) atoms. The number of nitrogens with two attached hydrogens (primary N) is 1. The molecule has 1 saturated carbocycles. The Morgan fingerprint density at radius 3 is 2.45 bits per heavy atom. The van der Waals surface area contributed by atoms with Crippen molar-refractivity contribution in [3.05, 3.63) is 81.1 Å². The SMILES string of the molecule is CC.CC.Cn1cc2cc(-c3ccc(C4CC45CCN(C(CC(=C/N)/C=N/C(F)F)C(=O)NC(C)(C)Cn4[nH]c(C(F)(F)F)cc4=O)C5=O)c(Cl)c3)cnc2n1. The number of rotatable bonds is 11. The Bertz CT molecular complexity index is 2160. The first-order valence-electron chi connectivity index (χ1n) is 18.2. The van der Waals surface area contributed by atoms with Crippen LogP contribution < -0.4 is 16.6 Å². The minimum absolute atomic E-state index is 0.0485. The van der Waals surface area contributed by atoms with Crippen molar-refractivity contribution in [1.29, 1.82) is 0 Å². The van der Waals surface area contributed by atoms with Crippen LogP contribution in [0.2, 0.25) is 5.02 Å². The van der Waals surface area contributed by atoms with E-state index in [4.69, 9.17) is 17.3 Å². The van der Waals surface area contributed by atoms with Gasteiger partial charge in [-0.3, -0.25) is 28.8 Å². The van der Waals surface area contributed by atoms with Gasteiger partial charge in [0, 0.05) is 66.6 Å². The Kier molecular flexibility index (Phi) is 13.6. The number of aromatic nitrogens is 5. The molecule has 4 heterocycles. The van der Waals surface area contributed by atoms with Gasteiger partial charge in [0.1, 0.15) is 11.7 Å². The van der Waals surface area contributed by atoms with E-state index < -0.39 is 46.9 Å². The minimum atomic E-state index is -4.79. The summed E-state index contributed by atoms with van der Waals surface area (Å²) in [6.07, 6.45) is 1.17. The van der Waals surface area contributed by atoms with E-state index in [0.29, 0.717) is 34.3 Å². The van der Waals surface area contributed by atoms with Gasteiger partial charge >= 0.3 is 12.7 Å². The number of pyridine rings is 1. The second-order valence-corrected chi connectivity index (χ2v) is 14.2. The summed E-state index contributed by atoms with van der Waals surface area (Å²) in [6, 6.07) is 6.69. The number of hydrogen-bond acceptors (Lipinski definition) is 7. The highest BCUT2D eigenvalue weighted by molar-refractivity contribution is 6.31. The highest BCUT2D eigenvalue weighted by Gasteiger charge is 2.65. The van der Waals surface area contributed by atoms with Crippen molar-refractivity contribution in [2.24, 2.45) is 23.2 Å². The molecule has 1 aliphatic carbocycles. The summed E-state index contributed by atoms with van der Waals surface area (Å²) in [4.78, 5) is 49.3. The number of nitrogens with one attached hydrogen (secondary N) is 2. The van der Waals surface area contributed by atoms with Crippen LogP contribution in [0.3, 0.4) is 0 Å². The van der Waals surface area contributed by atoms with Crippen LogP contribution in [-0.4, -0.2) is 72.1 Å². The predicted molar refractivity (Wildman–Crippen MR) is 205 cm³/mol. The highest BCUT2D eigenvalue weighted by atomic mass is 35.5. The summed E-state index contributed by atoms with van der Waals surface area (Å²) >= 11 is 6.81. The number of halogens is 6. The predicted octanol–water partition coefficient (Wildman–Crippen LogP) is 7.05. The van der Waals surface area contributed by atoms with E-state index in [1.807, 2.05) is 70.3 Å². The van der Waals surface area contributed by atoms with Gasteiger partial charge in [-0.2, -0.15) is 27.1 Å². The molecule has 1 saturated heterocycles. The number of carbonyl (C=O) groups excluding carboxylic acids is 2.